The molecule has 0 unspecified atom stereocenters. The molecule has 0 radical (unpaired) electrons. The van der Waals surface area contributed by atoms with Crippen LogP contribution >= 0.6 is 11.6 Å². The summed E-state index contributed by atoms with van der Waals surface area (Å²) in [6.07, 6.45) is 0. The average molecular weight is 424 g/mol. The van der Waals surface area contributed by atoms with Crippen LogP contribution in [0.15, 0.2) is 72.8 Å². The molecular formula is C22H18ClN3O4. The zero-order chi connectivity index (χ0) is 21.5. The molecule has 3 aromatic rings. The number of nitro benzene ring substituents is 1. The molecule has 0 aliphatic rings. The van der Waals surface area contributed by atoms with Crippen LogP contribution in [0, 0.1) is 10.1 Å². The maximum atomic E-state index is 12.5. The molecule has 0 aliphatic heterocycles. The summed E-state index contributed by atoms with van der Waals surface area (Å²) < 4.78 is 0. The molecule has 2 N–H and O–H groups in total. The van der Waals surface area contributed by atoms with E-state index in [0.717, 1.165) is 0 Å². The summed E-state index contributed by atoms with van der Waals surface area (Å²) in [5.74, 6) is -0.627. The Morgan fingerprint density at radius 2 is 1.60 bits per heavy atom. The summed E-state index contributed by atoms with van der Waals surface area (Å²) in [4.78, 5) is 35.6. The fourth-order valence-electron chi connectivity index (χ4n) is 2.84. The highest BCUT2D eigenvalue weighted by molar-refractivity contribution is 6.33. The summed E-state index contributed by atoms with van der Waals surface area (Å²) in [7, 11) is 0. The molecule has 0 fully saturated rings. The van der Waals surface area contributed by atoms with Crippen molar-refractivity contribution in [1.29, 1.82) is 0 Å². The maximum absolute atomic E-state index is 12.5. The van der Waals surface area contributed by atoms with Crippen LogP contribution in [0.3, 0.4) is 0 Å². The first kappa shape index (κ1) is 21.0. The first-order valence-corrected chi connectivity index (χ1v) is 9.50. The number of nitrogens with one attached hydrogen (secondary N) is 2. The summed E-state index contributed by atoms with van der Waals surface area (Å²) in [5.41, 5.74) is 1.08. The Bertz CT molecular complexity index is 1090. The lowest BCUT2D eigenvalue weighted by Crippen LogP contribution is -2.29. The first-order valence-electron chi connectivity index (χ1n) is 9.12. The minimum Gasteiger partial charge on any atom is -0.378 e. The molecule has 0 heterocycles. The number of carbonyl (C=O) groups excluding carboxylic acids is 2. The van der Waals surface area contributed by atoms with Gasteiger partial charge < -0.3 is 10.6 Å². The number of anilines is 1. The zero-order valence-corrected chi connectivity index (χ0v) is 16.6. The Labute approximate surface area is 177 Å². The largest absolute Gasteiger partial charge is 0.378 e. The van der Waals surface area contributed by atoms with Gasteiger partial charge in [-0.1, -0.05) is 54.1 Å². The smallest absolute Gasteiger partial charge is 0.293 e. The molecule has 0 saturated carbocycles. The standard InChI is InChI=1S/C22H18ClN3O4/c23-18-9-5-4-8-17(18)22(28)25-13-12-24-19-11-10-16(14-20(19)26(29)30)21(27)15-6-2-1-3-7-15/h1-11,14,24H,12-13H2,(H,25,28). The third kappa shape index (κ3) is 5.01. The van der Waals surface area contributed by atoms with Gasteiger partial charge in [0, 0.05) is 30.3 Å². The monoisotopic (exact) mass is 423 g/mol. The number of benzene rings is 3. The van der Waals surface area contributed by atoms with Crippen LogP contribution in [-0.2, 0) is 0 Å². The van der Waals surface area contributed by atoms with Gasteiger partial charge in [-0.05, 0) is 24.3 Å². The number of carbonyl (C=O) groups is 2. The number of rotatable bonds is 8. The van der Waals surface area contributed by atoms with Gasteiger partial charge in [0.05, 0.1) is 15.5 Å². The van der Waals surface area contributed by atoms with Crippen molar-refractivity contribution in [3.8, 4) is 0 Å². The topological polar surface area (TPSA) is 101 Å². The van der Waals surface area contributed by atoms with Crippen molar-refractivity contribution in [3.63, 3.8) is 0 Å². The molecule has 1 amide bonds. The molecule has 0 bridgehead atoms. The lowest BCUT2D eigenvalue weighted by Gasteiger charge is -2.10. The summed E-state index contributed by atoms with van der Waals surface area (Å²) in [6.45, 7) is 0.481. The van der Waals surface area contributed by atoms with Crippen molar-refractivity contribution in [2.24, 2.45) is 0 Å². The Morgan fingerprint density at radius 1 is 0.900 bits per heavy atom. The van der Waals surface area contributed by atoms with Crippen molar-refractivity contribution >= 4 is 34.7 Å². The zero-order valence-electron chi connectivity index (χ0n) is 15.8. The van der Waals surface area contributed by atoms with E-state index in [9.17, 15) is 19.7 Å². The Balaban J connectivity index is 1.65. The third-order valence-corrected chi connectivity index (χ3v) is 4.67. The van der Waals surface area contributed by atoms with Crippen LogP contribution in [0.4, 0.5) is 11.4 Å². The molecule has 3 rings (SSSR count). The molecule has 0 spiro atoms. The average Bonchev–Trinajstić information content (AvgIpc) is 2.77. The van der Waals surface area contributed by atoms with Crippen molar-refractivity contribution < 1.29 is 14.5 Å². The van der Waals surface area contributed by atoms with Gasteiger partial charge in [-0.2, -0.15) is 0 Å². The van der Waals surface area contributed by atoms with Gasteiger partial charge in [-0.3, -0.25) is 19.7 Å². The summed E-state index contributed by atoms with van der Waals surface area (Å²) >= 11 is 5.99. The van der Waals surface area contributed by atoms with Crippen LogP contribution in [0.25, 0.3) is 0 Å². The number of halogens is 1. The highest BCUT2D eigenvalue weighted by Crippen LogP contribution is 2.26. The van der Waals surface area contributed by atoms with Crippen molar-refractivity contribution in [2.45, 2.75) is 0 Å². The van der Waals surface area contributed by atoms with Crippen LogP contribution in [0.2, 0.25) is 5.02 Å². The molecule has 0 saturated heterocycles. The molecule has 0 atom stereocenters. The fourth-order valence-corrected chi connectivity index (χ4v) is 3.06. The van der Waals surface area contributed by atoms with Crippen LogP contribution < -0.4 is 10.6 Å². The van der Waals surface area contributed by atoms with E-state index < -0.39 is 4.92 Å². The van der Waals surface area contributed by atoms with E-state index in [-0.39, 0.29) is 41.7 Å². The lowest BCUT2D eigenvalue weighted by atomic mass is 10.0. The van der Waals surface area contributed by atoms with E-state index in [1.807, 2.05) is 0 Å². The number of amides is 1. The molecule has 7 nitrogen and oxygen atoms in total. The molecule has 8 heteroatoms. The number of hydrogen-bond donors (Lipinski definition) is 2. The summed E-state index contributed by atoms with van der Waals surface area (Å²) in [6, 6.07) is 19.5. The van der Waals surface area contributed by atoms with Gasteiger partial charge in [-0.15, -0.1) is 0 Å². The van der Waals surface area contributed by atoms with E-state index in [2.05, 4.69) is 10.6 Å². The Morgan fingerprint density at radius 3 is 2.30 bits per heavy atom. The van der Waals surface area contributed by atoms with Crippen molar-refractivity contribution in [3.05, 3.63) is 105 Å². The fraction of sp³-hybridized carbons (Fsp3) is 0.0909. The predicted octanol–water partition coefficient (Wildman–Crippen LogP) is 4.32. The van der Waals surface area contributed by atoms with E-state index in [1.54, 1.807) is 54.6 Å². The molecular weight excluding hydrogens is 406 g/mol. The lowest BCUT2D eigenvalue weighted by molar-refractivity contribution is -0.384. The number of ketones is 1. The Kier molecular flexibility index (Phi) is 6.77. The SMILES string of the molecule is O=C(c1ccccc1)c1ccc(NCCNC(=O)c2ccccc2Cl)c([N+](=O)[O-])c1. The molecule has 0 aromatic heterocycles. The maximum Gasteiger partial charge on any atom is 0.293 e. The third-order valence-electron chi connectivity index (χ3n) is 4.34. The van der Waals surface area contributed by atoms with Crippen LogP contribution in [0.5, 0.6) is 0 Å². The van der Waals surface area contributed by atoms with Gasteiger partial charge in [0.25, 0.3) is 11.6 Å². The first-order chi connectivity index (χ1) is 14.5. The van der Waals surface area contributed by atoms with Crippen LogP contribution in [0.1, 0.15) is 26.3 Å². The van der Waals surface area contributed by atoms with Gasteiger partial charge in [-0.25, -0.2) is 0 Å². The quantitative estimate of drug-likeness (QED) is 0.243. The normalized spacial score (nSPS) is 10.3. The number of nitro groups is 1. The van der Waals surface area contributed by atoms with Gasteiger partial charge in [0.1, 0.15) is 5.69 Å². The minimum atomic E-state index is -0.549. The van der Waals surface area contributed by atoms with E-state index in [1.165, 1.54) is 18.2 Å². The van der Waals surface area contributed by atoms with Gasteiger partial charge in [0.15, 0.2) is 5.78 Å². The number of hydrogen-bond acceptors (Lipinski definition) is 5. The highest BCUT2D eigenvalue weighted by atomic mass is 35.5. The van der Waals surface area contributed by atoms with E-state index in [4.69, 9.17) is 11.6 Å². The van der Waals surface area contributed by atoms with Crippen LogP contribution in [-0.4, -0.2) is 29.7 Å². The molecule has 152 valence electrons. The Hall–Kier alpha value is -3.71. The van der Waals surface area contributed by atoms with Gasteiger partial charge >= 0.3 is 0 Å². The molecule has 3 aromatic carbocycles. The molecule has 0 aliphatic carbocycles. The van der Waals surface area contributed by atoms with E-state index >= 15 is 0 Å². The van der Waals surface area contributed by atoms with Crippen molar-refractivity contribution in [2.75, 3.05) is 18.4 Å². The minimum absolute atomic E-state index is 0.214. The second-order valence-corrected chi connectivity index (χ2v) is 6.75. The van der Waals surface area contributed by atoms with Gasteiger partial charge in [0.2, 0.25) is 0 Å². The van der Waals surface area contributed by atoms with E-state index in [0.29, 0.717) is 16.1 Å². The highest BCUT2D eigenvalue weighted by Gasteiger charge is 2.18. The predicted molar refractivity (Wildman–Crippen MR) is 115 cm³/mol. The van der Waals surface area contributed by atoms with Crippen molar-refractivity contribution in [1.82, 2.24) is 5.32 Å². The molecule has 30 heavy (non-hydrogen) atoms. The number of nitrogens with zero attached hydrogens (tertiary/aromatic N) is 1. The second-order valence-electron chi connectivity index (χ2n) is 6.35. The summed E-state index contributed by atoms with van der Waals surface area (Å²) in [5, 5.41) is 17.4. The second kappa shape index (κ2) is 9.67.